The van der Waals surface area contributed by atoms with Crippen molar-refractivity contribution in [2.75, 3.05) is 30.8 Å². The van der Waals surface area contributed by atoms with Gasteiger partial charge in [0, 0.05) is 6.54 Å². The molecule has 6 N–H and O–H groups in total. The average Bonchev–Trinajstić information content (AvgIpc) is 2.75. The van der Waals surface area contributed by atoms with E-state index in [9.17, 15) is 4.79 Å². The van der Waals surface area contributed by atoms with E-state index in [4.69, 9.17) is 16.2 Å². The highest BCUT2D eigenvalue weighted by Gasteiger charge is 2.07. The van der Waals surface area contributed by atoms with Gasteiger partial charge in [-0.05, 0) is 0 Å². The second-order valence-corrected chi connectivity index (χ2v) is 3.48. The molecule has 0 radical (unpaired) electrons. The molecule has 2 aromatic rings. The van der Waals surface area contributed by atoms with Gasteiger partial charge in [-0.3, -0.25) is 4.79 Å². The van der Waals surface area contributed by atoms with Crippen molar-refractivity contribution in [1.29, 1.82) is 0 Å². The number of hydrogen-bond donors (Lipinski definition) is 4. The van der Waals surface area contributed by atoms with Crippen molar-refractivity contribution in [1.82, 2.24) is 19.9 Å². The maximum atomic E-state index is 10.4. The maximum absolute atomic E-state index is 10.4. The molecule has 2 rings (SSSR count). The Kier molecular flexibility index (Phi) is 3.53. The topological polar surface area (TPSA) is 145 Å². The van der Waals surface area contributed by atoms with Crippen LogP contribution in [0.5, 0.6) is 0 Å². The number of amides is 1. The summed E-state index contributed by atoms with van der Waals surface area (Å²) in [7, 11) is 0. The molecule has 0 aromatic carbocycles. The Hall–Kier alpha value is -2.42. The van der Waals surface area contributed by atoms with Gasteiger partial charge in [0.15, 0.2) is 11.5 Å². The number of nitrogen functional groups attached to an aromatic ring is 1. The molecule has 0 aliphatic heterocycles. The molecule has 0 saturated heterocycles. The molecular weight excluding hydrogens is 238 g/mol. The van der Waals surface area contributed by atoms with E-state index in [1.165, 1.54) is 6.33 Å². The Morgan fingerprint density at radius 3 is 3.11 bits per heavy atom. The number of ether oxygens (including phenoxy) is 1. The molecule has 0 saturated carbocycles. The third-order valence-corrected chi connectivity index (χ3v) is 2.09. The van der Waals surface area contributed by atoms with Crippen LogP contribution in [0, 0.1) is 0 Å². The highest BCUT2D eigenvalue weighted by molar-refractivity contribution is 5.83. The molecule has 0 spiro atoms. The number of rotatable bonds is 6. The number of hydrogen-bond acceptors (Lipinski definition) is 7. The standard InChI is InChI=1S/C9H13N7O2/c10-5(17)3-18-2-1-12-7-6-8(14-4-13-6)16-9(11)15-7/h4H,1-3H2,(H2,10,17)(H4,11,12,13,14,15,16). The minimum atomic E-state index is -0.503. The molecule has 2 aromatic heterocycles. The lowest BCUT2D eigenvalue weighted by Gasteiger charge is -2.06. The second kappa shape index (κ2) is 5.27. The lowest BCUT2D eigenvalue weighted by atomic mass is 10.5. The number of aromatic nitrogens is 4. The molecule has 1 amide bonds. The number of H-pyrrole nitrogens is 1. The van der Waals surface area contributed by atoms with Crippen molar-refractivity contribution < 1.29 is 9.53 Å². The quantitative estimate of drug-likeness (QED) is 0.474. The smallest absolute Gasteiger partial charge is 0.243 e. The monoisotopic (exact) mass is 251 g/mol. The number of nitrogens with one attached hydrogen (secondary N) is 2. The zero-order valence-corrected chi connectivity index (χ0v) is 9.51. The molecule has 9 heteroatoms. The Labute approximate surface area is 102 Å². The lowest BCUT2D eigenvalue weighted by Crippen LogP contribution is -2.20. The van der Waals surface area contributed by atoms with Gasteiger partial charge in [0.1, 0.15) is 12.1 Å². The Morgan fingerprint density at radius 2 is 2.33 bits per heavy atom. The number of fused-ring (bicyclic) bond motifs is 1. The van der Waals surface area contributed by atoms with Crippen molar-refractivity contribution in [3.8, 4) is 0 Å². The van der Waals surface area contributed by atoms with Crippen LogP contribution in [0.1, 0.15) is 0 Å². The van der Waals surface area contributed by atoms with Crippen LogP contribution >= 0.6 is 0 Å². The van der Waals surface area contributed by atoms with Crippen LogP contribution in [-0.2, 0) is 9.53 Å². The van der Waals surface area contributed by atoms with E-state index in [0.29, 0.717) is 30.1 Å². The summed E-state index contributed by atoms with van der Waals surface area (Å²) < 4.78 is 5.00. The number of carbonyl (C=O) groups is 1. The maximum Gasteiger partial charge on any atom is 0.243 e. The molecule has 96 valence electrons. The van der Waals surface area contributed by atoms with Gasteiger partial charge in [0.05, 0.1) is 12.9 Å². The van der Waals surface area contributed by atoms with E-state index < -0.39 is 5.91 Å². The van der Waals surface area contributed by atoms with Gasteiger partial charge in [0.25, 0.3) is 0 Å². The normalized spacial score (nSPS) is 10.7. The number of imidazole rings is 1. The summed E-state index contributed by atoms with van der Waals surface area (Å²) in [5.74, 6) is 0.171. The second-order valence-electron chi connectivity index (χ2n) is 3.48. The van der Waals surface area contributed by atoms with Crippen LogP contribution in [0.4, 0.5) is 11.8 Å². The predicted molar refractivity (Wildman–Crippen MR) is 64.6 cm³/mol. The summed E-state index contributed by atoms with van der Waals surface area (Å²) in [6, 6.07) is 0. The van der Waals surface area contributed by atoms with E-state index in [1.807, 2.05) is 0 Å². The summed E-state index contributed by atoms with van der Waals surface area (Å²) in [6.07, 6.45) is 1.51. The van der Waals surface area contributed by atoms with E-state index in [1.54, 1.807) is 0 Å². The van der Waals surface area contributed by atoms with E-state index in [2.05, 4.69) is 25.3 Å². The molecule has 0 bridgehead atoms. The highest BCUT2D eigenvalue weighted by atomic mass is 16.5. The Balaban J connectivity index is 1.94. The fourth-order valence-electron chi connectivity index (χ4n) is 1.39. The van der Waals surface area contributed by atoms with E-state index in [-0.39, 0.29) is 12.6 Å². The van der Waals surface area contributed by atoms with Crippen molar-refractivity contribution >= 4 is 28.8 Å². The molecule has 2 heterocycles. The molecule has 18 heavy (non-hydrogen) atoms. The molecule has 0 fully saturated rings. The zero-order valence-electron chi connectivity index (χ0n) is 9.51. The molecule has 9 nitrogen and oxygen atoms in total. The highest BCUT2D eigenvalue weighted by Crippen LogP contribution is 2.16. The van der Waals surface area contributed by atoms with Crippen LogP contribution in [0.3, 0.4) is 0 Å². The minimum Gasteiger partial charge on any atom is -0.370 e. The summed E-state index contributed by atoms with van der Waals surface area (Å²) in [5, 5.41) is 3.01. The summed E-state index contributed by atoms with van der Waals surface area (Å²) >= 11 is 0. The SMILES string of the molecule is NC(=O)COCCNc1nc(N)nc2nc[nH]c12. The van der Waals surface area contributed by atoms with Crippen LogP contribution < -0.4 is 16.8 Å². The third-order valence-electron chi connectivity index (χ3n) is 2.09. The van der Waals surface area contributed by atoms with Gasteiger partial charge in [-0.1, -0.05) is 0 Å². The molecular formula is C9H13N7O2. The molecule has 0 aliphatic carbocycles. The first-order valence-corrected chi connectivity index (χ1v) is 5.23. The summed E-state index contributed by atoms with van der Waals surface area (Å²) in [6.45, 7) is 0.674. The van der Waals surface area contributed by atoms with Crippen LogP contribution in [0.2, 0.25) is 0 Å². The first kappa shape index (κ1) is 12.0. The largest absolute Gasteiger partial charge is 0.370 e. The van der Waals surface area contributed by atoms with Gasteiger partial charge in [-0.25, -0.2) is 4.98 Å². The minimum absolute atomic E-state index is 0.104. The number of aromatic amines is 1. The van der Waals surface area contributed by atoms with Crippen molar-refractivity contribution in [3.05, 3.63) is 6.33 Å². The summed E-state index contributed by atoms with van der Waals surface area (Å²) in [4.78, 5) is 25.3. The third kappa shape index (κ3) is 2.83. The first-order valence-electron chi connectivity index (χ1n) is 5.23. The number of nitrogens with zero attached hydrogens (tertiary/aromatic N) is 3. The van der Waals surface area contributed by atoms with Gasteiger partial charge in [0.2, 0.25) is 11.9 Å². The lowest BCUT2D eigenvalue weighted by molar-refractivity contribution is -0.122. The number of primary amides is 1. The zero-order chi connectivity index (χ0) is 13.0. The van der Waals surface area contributed by atoms with Crippen molar-refractivity contribution in [2.45, 2.75) is 0 Å². The molecule has 0 unspecified atom stereocenters. The van der Waals surface area contributed by atoms with E-state index >= 15 is 0 Å². The number of nitrogens with two attached hydrogens (primary N) is 2. The van der Waals surface area contributed by atoms with Crippen molar-refractivity contribution in [2.24, 2.45) is 5.73 Å². The number of anilines is 2. The fraction of sp³-hybridized carbons (Fsp3) is 0.333. The Morgan fingerprint density at radius 1 is 1.50 bits per heavy atom. The average molecular weight is 251 g/mol. The van der Waals surface area contributed by atoms with Gasteiger partial charge in [-0.2, -0.15) is 9.97 Å². The Bertz CT molecular complexity index is 553. The fourth-order valence-corrected chi connectivity index (χ4v) is 1.39. The van der Waals surface area contributed by atoms with Gasteiger partial charge in [-0.15, -0.1) is 0 Å². The van der Waals surface area contributed by atoms with Crippen molar-refractivity contribution in [3.63, 3.8) is 0 Å². The molecule has 0 aliphatic rings. The van der Waals surface area contributed by atoms with Crippen LogP contribution in [0.25, 0.3) is 11.2 Å². The van der Waals surface area contributed by atoms with Crippen LogP contribution in [0.15, 0.2) is 6.33 Å². The predicted octanol–water partition coefficient (Wildman–Crippen LogP) is -1.15. The molecule has 0 atom stereocenters. The number of carbonyl (C=O) groups excluding carboxylic acids is 1. The van der Waals surface area contributed by atoms with Gasteiger partial charge < -0.3 is 26.5 Å². The van der Waals surface area contributed by atoms with Gasteiger partial charge >= 0.3 is 0 Å². The first-order chi connectivity index (χ1) is 8.66. The summed E-state index contributed by atoms with van der Waals surface area (Å²) in [5.41, 5.74) is 11.6. The van der Waals surface area contributed by atoms with E-state index in [0.717, 1.165) is 0 Å². The van der Waals surface area contributed by atoms with Crippen LogP contribution in [-0.4, -0.2) is 45.6 Å².